The summed E-state index contributed by atoms with van der Waals surface area (Å²) in [6.07, 6.45) is 1.81. The molecule has 1 unspecified atom stereocenters. The van der Waals surface area contributed by atoms with E-state index in [0.717, 1.165) is 22.5 Å². The van der Waals surface area contributed by atoms with Crippen molar-refractivity contribution in [2.45, 2.75) is 26.4 Å². The number of amides is 1. The lowest BCUT2D eigenvalue weighted by molar-refractivity contribution is -0.150. The van der Waals surface area contributed by atoms with Crippen LogP contribution in [0.5, 0.6) is 0 Å². The number of carbonyl (C=O) groups is 2. The van der Waals surface area contributed by atoms with Crippen molar-refractivity contribution in [1.29, 1.82) is 0 Å². The van der Waals surface area contributed by atoms with Gasteiger partial charge in [0.2, 0.25) is 0 Å². The van der Waals surface area contributed by atoms with Crippen LogP contribution in [0.4, 0.5) is 5.69 Å². The van der Waals surface area contributed by atoms with Crippen LogP contribution < -0.4 is 4.90 Å². The van der Waals surface area contributed by atoms with Gasteiger partial charge in [-0.1, -0.05) is 18.2 Å². The number of nitrogens with one attached hydrogen (secondary N) is 1. The van der Waals surface area contributed by atoms with Gasteiger partial charge in [-0.25, -0.2) is 4.79 Å². The third-order valence-electron chi connectivity index (χ3n) is 5.06. The van der Waals surface area contributed by atoms with Crippen molar-refractivity contribution >= 4 is 29.2 Å². The molecule has 2 heterocycles. The fraction of sp³-hybridized carbons (Fsp3) is 0.300. The van der Waals surface area contributed by atoms with Crippen molar-refractivity contribution in [2.24, 2.45) is 0 Å². The number of likely N-dealkylation sites (N-methyl/N-ethyl adjacent to an activating group) is 1. The molecule has 1 atom stereocenters. The minimum absolute atomic E-state index is 0.323. The Morgan fingerprint density at radius 1 is 1.27 bits per heavy atom. The molecule has 0 aliphatic carbocycles. The second-order valence-corrected chi connectivity index (χ2v) is 6.99. The summed E-state index contributed by atoms with van der Waals surface area (Å²) < 4.78 is 0. The smallest absolute Gasteiger partial charge is 0.345 e. The topological polar surface area (TPSA) is 76.6 Å². The molecule has 0 saturated carbocycles. The molecule has 26 heavy (non-hydrogen) atoms. The number of fused-ring (bicyclic) bond motifs is 1. The number of aliphatic carboxylic acids is 1. The molecule has 6 heteroatoms. The molecular weight excluding hydrogens is 330 g/mol. The van der Waals surface area contributed by atoms with E-state index in [1.54, 1.807) is 26.2 Å². The second kappa shape index (κ2) is 6.14. The molecule has 0 saturated heterocycles. The van der Waals surface area contributed by atoms with Crippen molar-refractivity contribution in [3.8, 4) is 0 Å². The van der Waals surface area contributed by atoms with Gasteiger partial charge in [0.15, 0.2) is 5.66 Å². The first-order chi connectivity index (χ1) is 12.2. The van der Waals surface area contributed by atoms with Crippen LogP contribution in [0.25, 0.3) is 11.6 Å². The van der Waals surface area contributed by atoms with E-state index in [4.69, 9.17) is 0 Å². The summed E-state index contributed by atoms with van der Waals surface area (Å²) in [5.41, 5.74) is 3.22. The van der Waals surface area contributed by atoms with Crippen molar-refractivity contribution in [1.82, 2.24) is 9.88 Å². The minimum atomic E-state index is -1.50. The molecule has 0 radical (unpaired) electrons. The Kier molecular flexibility index (Phi) is 4.24. The fourth-order valence-electron chi connectivity index (χ4n) is 3.34. The molecule has 1 aromatic heterocycles. The minimum Gasteiger partial charge on any atom is -0.478 e. The van der Waals surface area contributed by atoms with E-state index in [-0.39, 0.29) is 5.91 Å². The molecule has 0 fully saturated rings. The maximum absolute atomic E-state index is 13.3. The zero-order chi connectivity index (χ0) is 19.2. The molecule has 1 aliphatic heterocycles. The Bertz CT molecular complexity index is 926. The van der Waals surface area contributed by atoms with Crippen LogP contribution in [-0.4, -0.2) is 46.6 Å². The van der Waals surface area contributed by atoms with Crippen molar-refractivity contribution in [3.05, 3.63) is 52.8 Å². The lowest BCUT2D eigenvalue weighted by Crippen LogP contribution is -2.62. The van der Waals surface area contributed by atoms with Crippen LogP contribution in [0.2, 0.25) is 0 Å². The Morgan fingerprint density at radius 2 is 1.92 bits per heavy atom. The number of nitrogens with zero attached hydrogens (tertiary/aromatic N) is 2. The van der Waals surface area contributed by atoms with Gasteiger partial charge in [0.1, 0.15) is 0 Å². The zero-order valence-electron chi connectivity index (χ0n) is 15.6. The number of aromatic nitrogens is 1. The summed E-state index contributed by atoms with van der Waals surface area (Å²) in [5, 5.41) is 9.87. The summed E-state index contributed by atoms with van der Waals surface area (Å²) >= 11 is 0. The lowest BCUT2D eigenvalue weighted by atomic mass is 10.1. The largest absolute Gasteiger partial charge is 0.478 e. The summed E-state index contributed by atoms with van der Waals surface area (Å²) in [5.74, 6) is -1.41. The van der Waals surface area contributed by atoms with Crippen molar-refractivity contribution < 1.29 is 14.7 Å². The number of aryl methyl sites for hydroxylation is 2. The number of H-pyrrole nitrogens is 1. The van der Waals surface area contributed by atoms with Gasteiger partial charge in [0.25, 0.3) is 5.91 Å². The molecule has 136 valence electrons. The highest BCUT2D eigenvalue weighted by molar-refractivity contribution is 6.37. The zero-order valence-corrected chi connectivity index (χ0v) is 15.6. The van der Waals surface area contributed by atoms with Crippen LogP contribution in [0, 0.1) is 13.8 Å². The molecule has 1 aromatic carbocycles. The van der Waals surface area contributed by atoms with Crippen LogP contribution in [-0.2, 0) is 9.59 Å². The molecule has 6 nitrogen and oxygen atoms in total. The van der Waals surface area contributed by atoms with Gasteiger partial charge in [-0.05, 0) is 58.6 Å². The second-order valence-electron chi connectivity index (χ2n) is 6.99. The van der Waals surface area contributed by atoms with E-state index in [1.807, 2.05) is 38.1 Å². The van der Waals surface area contributed by atoms with Gasteiger partial charge in [0.05, 0.1) is 11.3 Å². The average Bonchev–Trinajstić information content (AvgIpc) is 3.03. The highest BCUT2D eigenvalue weighted by atomic mass is 16.4. The summed E-state index contributed by atoms with van der Waals surface area (Å²) in [6.45, 7) is 5.47. The quantitative estimate of drug-likeness (QED) is 0.829. The van der Waals surface area contributed by atoms with E-state index >= 15 is 0 Å². The van der Waals surface area contributed by atoms with Gasteiger partial charge in [-0.3, -0.25) is 14.6 Å². The Balaban J connectivity index is 2.22. The maximum Gasteiger partial charge on any atom is 0.345 e. The average molecular weight is 353 g/mol. The van der Waals surface area contributed by atoms with E-state index < -0.39 is 11.6 Å². The standard InChI is InChI=1S/C20H23N3O3/c1-12-10-13(2)21-16(12)11-15-14-8-6-7-9-17(14)23(18(15)24)20(3,19(25)26)22(4)5/h6-11,21H,1-5H3,(H,25,26). The molecular formula is C20H23N3O3. The Morgan fingerprint density at radius 3 is 2.46 bits per heavy atom. The van der Waals surface area contributed by atoms with Crippen LogP contribution in [0.15, 0.2) is 30.3 Å². The van der Waals surface area contributed by atoms with E-state index in [1.165, 1.54) is 16.7 Å². The predicted molar refractivity (Wildman–Crippen MR) is 102 cm³/mol. The van der Waals surface area contributed by atoms with Gasteiger partial charge >= 0.3 is 5.97 Å². The number of para-hydroxylation sites is 1. The first-order valence-electron chi connectivity index (χ1n) is 8.40. The molecule has 1 aliphatic rings. The van der Waals surface area contributed by atoms with Gasteiger partial charge in [-0.15, -0.1) is 0 Å². The lowest BCUT2D eigenvalue weighted by Gasteiger charge is -2.40. The van der Waals surface area contributed by atoms with Crippen LogP contribution in [0.1, 0.15) is 29.4 Å². The molecule has 2 N–H and O–H groups in total. The molecule has 0 spiro atoms. The van der Waals surface area contributed by atoms with Gasteiger partial charge < -0.3 is 10.1 Å². The monoisotopic (exact) mass is 353 g/mol. The number of aromatic amines is 1. The van der Waals surface area contributed by atoms with E-state index in [0.29, 0.717) is 11.3 Å². The molecule has 1 amide bonds. The third kappa shape index (κ3) is 2.54. The number of anilines is 1. The summed E-state index contributed by atoms with van der Waals surface area (Å²) in [7, 11) is 3.31. The molecule has 3 rings (SSSR count). The van der Waals surface area contributed by atoms with Gasteiger partial charge in [-0.2, -0.15) is 0 Å². The number of carboxylic acids is 1. The Hall–Kier alpha value is -2.86. The van der Waals surface area contributed by atoms with Gasteiger partial charge in [0, 0.05) is 17.0 Å². The first kappa shape index (κ1) is 17.9. The highest BCUT2D eigenvalue weighted by Crippen LogP contribution is 2.42. The maximum atomic E-state index is 13.3. The highest BCUT2D eigenvalue weighted by Gasteiger charge is 2.50. The van der Waals surface area contributed by atoms with E-state index in [9.17, 15) is 14.7 Å². The molecule has 2 aromatic rings. The molecule has 0 bridgehead atoms. The number of rotatable bonds is 4. The van der Waals surface area contributed by atoms with Crippen LogP contribution >= 0.6 is 0 Å². The first-order valence-corrected chi connectivity index (χ1v) is 8.40. The summed E-state index contributed by atoms with van der Waals surface area (Å²) in [4.78, 5) is 31.5. The normalized spacial score (nSPS) is 17.7. The number of hydrogen-bond donors (Lipinski definition) is 2. The number of carbonyl (C=O) groups excluding carboxylic acids is 1. The number of benzene rings is 1. The fourth-order valence-corrected chi connectivity index (χ4v) is 3.34. The summed E-state index contributed by atoms with van der Waals surface area (Å²) in [6, 6.07) is 9.30. The van der Waals surface area contributed by atoms with Crippen molar-refractivity contribution in [3.63, 3.8) is 0 Å². The number of hydrogen-bond acceptors (Lipinski definition) is 3. The third-order valence-corrected chi connectivity index (χ3v) is 5.06. The van der Waals surface area contributed by atoms with E-state index in [2.05, 4.69) is 4.98 Å². The van der Waals surface area contributed by atoms with Crippen LogP contribution in [0.3, 0.4) is 0 Å². The number of carboxylic acid groups (broad SMARTS) is 1. The van der Waals surface area contributed by atoms with Crippen molar-refractivity contribution in [2.75, 3.05) is 19.0 Å². The SMILES string of the molecule is Cc1cc(C)c(C=C2C(=O)N(C(C)(C(=O)O)N(C)C)c3ccccc32)[nH]1. The Labute approximate surface area is 152 Å². The predicted octanol–water partition coefficient (Wildman–Crippen LogP) is 2.88.